The van der Waals surface area contributed by atoms with Crippen LogP contribution in [0.25, 0.3) is 0 Å². The number of anilines is 2. The maximum Gasteiger partial charge on any atom is 0.227 e. The van der Waals surface area contributed by atoms with Crippen molar-refractivity contribution in [3.05, 3.63) is 30.5 Å². The van der Waals surface area contributed by atoms with Crippen LogP contribution in [0.1, 0.15) is 6.92 Å². The Morgan fingerprint density at radius 2 is 1.81 bits per heavy atom. The number of hydrogen-bond donors (Lipinski definition) is 1. The van der Waals surface area contributed by atoms with E-state index in [1.807, 2.05) is 4.90 Å². The van der Waals surface area contributed by atoms with Crippen LogP contribution in [0.5, 0.6) is 5.75 Å². The van der Waals surface area contributed by atoms with Crippen molar-refractivity contribution in [1.29, 1.82) is 0 Å². The number of piperazine rings is 1. The van der Waals surface area contributed by atoms with Gasteiger partial charge in [-0.25, -0.2) is 13.4 Å². The largest absolute Gasteiger partial charge is 0.497 e. The summed E-state index contributed by atoms with van der Waals surface area (Å²) in [4.78, 5) is 12.9. The Hall–Kier alpha value is -2.39. The monoisotopic (exact) mass is 377 g/mol. The van der Waals surface area contributed by atoms with Crippen LogP contribution in [0, 0.1) is 0 Å². The first-order valence-corrected chi connectivity index (χ1v) is 9.93. The van der Waals surface area contributed by atoms with Crippen LogP contribution in [0.15, 0.2) is 40.3 Å². The third kappa shape index (κ3) is 3.58. The van der Waals surface area contributed by atoms with Crippen LogP contribution in [0.3, 0.4) is 0 Å². The van der Waals surface area contributed by atoms with Crippen LogP contribution in [0.4, 0.5) is 11.8 Å². The second kappa shape index (κ2) is 7.46. The molecule has 0 radical (unpaired) electrons. The zero-order valence-electron chi connectivity index (χ0n) is 14.9. The smallest absolute Gasteiger partial charge is 0.227 e. The molecule has 2 N–H and O–H groups in total. The maximum absolute atomic E-state index is 12.8. The highest BCUT2D eigenvalue weighted by atomic mass is 32.2. The fraction of sp³-hybridized carbons (Fsp3) is 0.412. The lowest BCUT2D eigenvalue weighted by atomic mass is 10.3. The molecule has 140 valence electrons. The number of sulfone groups is 1. The van der Waals surface area contributed by atoms with Crippen molar-refractivity contribution in [2.75, 3.05) is 50.5 Å². The van der Waals surface area contributed by atoms with E-state index >= 15 is 0 Å². The third-order valence-electron chi connectivity index (χ3n) is 4.53. The van der Waals surface area contributed by atoms with E-state index in [2.05, 4.69) is 21.8 Å². The molecule has 26 heavy (non-hydrogen) atoms. The SMILES string of the molecule is CCN1CCN(c2ncc(S(=O)(=O)c3ccc(OC)cc3)c(N)n2)CC1. The highest BCUT2D eigenvalue weighted by molar-refractivity contribution is 7.91. The van der Waals surface area contributed by atoms with Crippen molar-refractivity contribution < 1.29 is 13.2 Å². The zero-order valence-corrected chi connectivity index (χ0v) is 15.7. The van der Waals surface area contributed by atoms with Gasteiger partial charge in [-0.05, 0) is 30.8 Å². The van der Waals surface area contributed by atoms with Crippen LogP contribution in [-0.2, 0) is 9.84 Å². The molecule has 1 saturated heterocycles. The lowest BCUT2D eigenvalue weighted by molar-refractivity contribution is 0.270. The van der Waals surface area contributed by atoms with Crippen LogP contribution >= 0.6 is 0 Å². The number of aromatic nitrogens is 2. The number of likely N-dealkylation sites (N-methyl/N-ethyl adjacent to an activating group) is 1. The molecule has 0 atom stereocenters. The Kier molecular flexibility index (Phi) is 5.28. The minimum Gasteiger partial charge on any atom is -0.497 e. The van der Waals surface area contributed by atoms with Gasteiger partial charge in [0.25, 0.3) is 0 Å². The Morgan fingerprint density at radius 3 is 2.35 bits per heavy atom. The number of nitrogens with two attached hydrogens (primary N) is 1. The first kappa shape index (κ1) is 18.4. The van der Waals surface area contributed by atoms with Crippen molar-refractivity contribution in [2.45, 2.75) is 16.7 Å². The number of rotatable bonds is 5. The molecule has 3 rings (SSSR count). The lowest BCUT2D eigenvalue weighted by Crippen LogP contribution is -2.46. The Morgan fingerprint density at radius 1 is 1.15 bits per heavy atom. The van der Waals surface area contributed by atoms with Gasteiger partial charge in [0.05, 0.1) is 18.2 Å². The lowest BCUT2D eigenvalue weighted by Gasteiger charge is -2.34. The van der Waals surface area contributed by atoms with E-state index in [0.717, 1.165) is 32.7 Å². The molecule has 0 amide bonds. The van der Waals surface area contributed by atoms with E-state index in [-0.39, 0.29) is 15.6 Å². The number of benzene rings is 1. The highest BCUT2D eigenvalue weighted by Gasteiger charge is 2.24. The molecule has 0 aliphatic carbocycles. The van der Waals surface area contributed by atoms with Crippen molar-refractivity contribution in [1.82, 2.24) is 14.9 Å². The summed E-state index contributed by atoms with van der Waals surface area (Å²) in [5.74, 6) is 1.01. The topological polar surface area (TPSA) is 102 Å². The van der Waals surface area contributed by atoms with Gasteiger partial charge in [-0.3, -0.25) is 0 Å². The normalized spacial score (nSPS) is 15.8. The van der Waals surface area contributed by atoms with Gasteiger partial charge in [0.15, 0.2) is 0 Å². The summed E-state index contributed by atoms with van der Waals surface area (Å²) in [7, 11) is -2.26. The predicted molar refractivity (Wildman–Crippen MR) is 99.2 cm³/mol. The molecule has 8 nitrogen and oxygen atoms in total. The van der Waals surface area contributed by atoms with Crippen LogP contribution in [0.2, 0.25) is 0 Å². The van der Waals surface area contributed by atoms with Gasteiger partial charge in [-0.2, -0.15) is 4.98 Å². The van der Waals surface area contributed by atoms with E-state index in [1.165, 1.54) is 25.4 Å². The Labute approximate surface area is 153 Å². The minimum atomic E-state index is -3.79. The van der Waals surface area contributed by atoms with E-state index in [9.17, 15) is 8.42 Å². The predicted octanol–water partition coefficient (Wildman–Crippen LogP) is 1.04. The molecule has 9 heteroatoms. The third-order valence-corrected chi connectivity index (χ3v) is 6.32. The summed E-state index contributed by atoms with van der Waals surface area (Å²) in [5.41, 5.74) is 5.97. The zero-order chi connectivity index (χ0) is 18.7. The molecule has 1 aliphatic heterocycles. The molecule has 0 saturated carbocycles. The van der Waals surface area contributed by atoms with E-state index in [1.54, 1.807) is 12.1 Å². The molecule has 1 aromatic heterocycles. The summed E-state index contributed by atoms with van der Waals surface area (Å²) in [5, 5.41) is 0. The fourth-order valence-electron chi connectivity index (χ4n) is 2.88. The molecule has 0 bridgehead atoms. The van der Waals surface area contributed by atoms with Gasteiger partial charge >= 0.3 is 0 Å². The number of hydrogen-bond acceptors (Lipinski definition) is 8. The summed E-state index contributed by atoms with van der Waals surface area (Å²) >= 11 is 0. The molecule has 1 fully saturated rings. The second-order valence-electron chi connectivity index (χ2n) is 6.02. The van der Waals surface area contributed by atoms with Gasteiger partial charge < -0.3 is 20.3 Å². The molecule has 0 spiro atoms. The minimum absolute atomic E-state index is 0.0382. The Balaban J connectivity index is 1.84. The molecular formula is C17H23N5O3S. The van der Waals surface area contributed by atoms with Crippen molar-refractivity contribution in [2.24, 2.45) is 0 Å². The highest BCUT2D eigenvalue weighted by Crippen LogP contribution is 2.27. The first-order valence-electron chi connectivity index (χ1n) is 8.44. The van der Waals surface area contributed by atoms with Gasteiger partial charge in [-0.1, -0.05) is 6.92 Å². The van der Waals surface area contributed by atoms with Crippen LogP contribution < -0.4 is 15.4 Å². The van der Waals surface area contributed by atoms with Crippen LogP contribution in [-0.4, -0.2) is 63.1 Å². The summed E-state index contributed by atoms with van der Waals surface area (Å²) in [6, 6.07) is 6.13. The van der Waals surface area contributed by atoms with Gasteiger partial charge in [0.2, 0.25) is 15.8 Å². The van der Waals surface area contributed by atoms with E-state index < -0.39 is 9.84 Å². The van der Waals surface area contributed by atoms with Gasteiger partial charge in [0, 0.05) is 26.2 Å². The van der Waals surface area contributed by atoms with Crippen molar-refractivity contribution in [3.8, 4) is 5.75 Å². The molecule has 1 aliphatic rings. The number of nitrogens with zero attached hydrogens (tertiary/aromatic N) is 4. The Bertz CT molecular complexity index is 862. The average Bonchev–Trinajstić information content (AvgIpc) is 2.67. The summed E-state index contributed by atoms with van der Waals surface area (Å²) in [6.45, 7) is 6.56. The standard InChI is InChI=1S/C17H23N5O3S/c1-3-21-8-10-22(11-9-21)17-19-12-15(16(18)20-17)26(23,24)14-6-4-13(25-2)5-7-14/h4-7,12H,3,8-11H2,1-2H3,(H2,18,19,20). The number of methoxy groups -OCH3 is 1. The fourth-order valence-corrected chi connectivity index (χ4v) is 4.14. The first-order chi connectivity index (χ1) is 12.5. The van der Waals surface area contributed by atoms with Crippen molar-refractivity contribution >= 4 is 21.6 Å². The molecular weight excluding hydrogens is 354 g/mol. The van der Waals surface area contributed by atoms with E-state index in [0.29, 0.717) is 11.7 Å². The second-order valence-corrected chi connectivity index (χ2v) is 7.94. The van der Waals surface area contributed by atoms with Crippen molar-refractivity contribution in [3.63, 3.8) is 0 Å². The summed E-state index contributed by atoms with van der Waals surface area (Å²) < 4.78 is 30.7. The number of nitrogen functional groups attached to an aromatic ring is 1. The molecule has 2 aromatic rings. The summed E-state index contributed by atoms with van der Waals surface area (Å²) in [6.07, 6.45) is 1.30. The molecule has 2 heterocycles. The van der Waals surface area contributed by atoms with Gasteiger partial charge in [-0.15, -0.1) is 0 Å². The maximum atomic E-state index is 12.8. The quantitative estimate of drug-likeness (QED) is 0.825. The average molecular weight is 377 g/mol. The number of ether oxygens (including phenoxy) is 1. The van der Waals surface area contributed by atoms with Gasteiger partial charge in [0.1, 0.15) is 16.5 Å². The van der Waals surface area contributed by atoms with E-state index in [4.69, 9.17) is 10.5 Å². The molecule has 1 aromatic carbocycles. The molecule has 0 unspecified atom stereocenters.